The van der Waals surface area contributed by atoms with Crippen molar-refractivity contribution < 1.29 is 18.7 Å². The van der Waals surface area contributed by atoms with Crippen LogP contribution in [0.15, 0.2) is 48.1 Å². The molecular weight excluding hydrogens is 405 g/mol. The number of carbonyl (C=O) groups is 1. The number of nitrogens with zero attached hydrogens (tertiary/aromatic N) is 5. The first-order valence-electron chi connectivity index (χ1n) is 9.31. The normalized spacial score (nSPS) is 13.6. The van der Waals surface area contributed by atoms with Crippen LogP contribution in [-0.4, -0.2) is 58.4 Å². The number of hydrazone groups is 1. The molecule has 10 nitrogen and oxygen atoms in total. The lowest BCUT2D eigenvalue weighted by molar-refractivity contribution is 0.0950. The summed E-state index contributed by atoms with van der Waals surface area (Å²) in [6, 6.07) is 4.93. The zero-order valence-corrected chi connectivity index (χ0v) is 16.4. The molecule has 11 heteroatoms. The molecule has 0 aliphatic carbocycles. The lowest BCUT2D eigenvalue weighted by Crippen LogP contribution is -2.50. The number of aromatic nitrogens is 4. The Morgan fingerprint density at radius 1 is 1.26 bits per heavy atom. The van der Waals surface area contributed by atoms with Crippen molar-refractivity contribution in [3.05, 3.63) is 60.2 Å². The number of hydrogen-bond acceptors (Lipinski definition) is 9. The standard InChI is InChI=1S/C20H18FN7O3/c1-30-14-4-13(19(21)25-9-14)6-26-28-20(29)17-11-23-10-16(27-17)12-2-3-18(24-5-12)31-15-7-22-8-15/h2-6,9-11,15,22H,7-8H2,1H3,(H,28,29)/b26-6+. The third-order valence-corrected chi connectivity index (χ3v) is 4.38. The van der Waals surface area contributed by atoms with Crippen LogP contribution in [0.3, 0.4) is 0 Å². The average molecular weight is 423 g/mol. The Morgan fingerprint density at radius 2 is 2.13 bits per heavy atom. The second-order valence-corrected chi connectivity index (χ2v) is 6.53. The Kier molecular flexibility index (Phi) is 6.03. The van der Waals surface area contributed by atoms with E-state index in [0.717, 1.165) is 19.3 Å². The van der Waals surface area contributed by atoms with E-state index >= 15 is 0 Å². The van der Waals surface area contributed by atoms with Gasteiger partial charge in [-0.2, -0.15) is 9.49 Å². The van der Waals surface area contributed by atoms with Crippen molar-refractivity contribution in [3.8, 4) is 22.9 Å². The Hall–Kier alpha value is -3.99. The number of amides is 1. The third-order valence-electron chi connectivity index (χ3n) is 4.38. The van der Waals surface area contributed by atoms with Gasteiger partial charge in [-0.25, -0.2) is 20.4 Å². The van der Waals surface area contributed by atoms with Crippen LogP contribution in [0.5, 0.6) is 11.6 Å². The highest BCUT2D eigenvalue weighted by Crippen LogP contribution is 2.19. The van der Waals surface area contributed by atoms with E-state index in [1.165, 1.54) is 31.8 Å². The van der Waals surface area contributed by atoms with Gasteiger partial charge in [0.15, 0.2) is 0 Å². The highest BCUT2D eigenvalue weighted by molar-refractivity contribution is 5.93. The fraction of sp³-hybridized carbons (Fsp3) is 0.200. The maximum atomic E-state index is 13.7. The molecule has 31 heavy (non-hydrogen) atoms. The van der Waals surface area contributed by atoms with Gasteiger partial charge in [0.25, 0.3) is 5.91 Å². The molecule has 4 rings (SSSR count). The molecule has 0 spiro atoms. The molecular formula is C20H18FN7O3. The first kappa shape index (κ1) is 20.3. The smallest absolute Gasteiger partial charge is 0.291 e. The molecule has 0 aromatic carbocycles. The van der Waals surface area contributed by atoms with Gasteiger partial charge in [0.2, 0.25) is 11.8 Å². The van der Waals surface area contributed by atoms with Crippen LogP contribution >= 0.6 is 0 Å². The quantitative estimate of drug-likeness (QED) is 0.330. The molecule has 3 aromatic rings. The summed E-state index contributed by atoms with van der Waals surface area (Å²) in [6.07, 6.45) is 6.92. The number of nitrogens with one attached hydrogen (secondary N) is 2. The minimum Gasteiger partial charge on any atom is -0.495 e. The Balaban J connectivity index is 1.42. The Bertz CT molecular complexity index is 1100. The number of halogens is 1. The second kappa shape index (κ2) is 9.22. The van der Waals surface area contributed by atoms with E-state index in [0.29, 0.717) is 22.9 Å². The van der Waals surface area contributed by atoms with Crippen LogP contribution in [0.4, 0.5) is 4.39 Å². The van der Waals surface area contributed by atoms with Crippen LogP contribution in [-0.2, 0) is 0 Å². The summed E-state index contributed by atoms with van der Waals surface area (Å²) in [7, 11) is 1.44. The summed E-state index contributed by atoms with van der Waals surface area (Å²) < 4.78 is 24.4. The molecule has 1 aliphatic heterocycles. The SMILES string of the molecule is COc1cnc(F)c(/C=N/NC(=O)c2cncc(-c3ccc(OC4CNC4)nc3)n2)c1. The van der Waals surface area contributed by atoms with Gasteiger partial charge in [0, 0.05) is 30.9 Å². The van der Waals surface area contributed by atoms with Crippen molar-refractivity contribution in [2.45, 2.75) is 6.10 Å². The predicted molar refractivity (Wildman–Crippen MR) is 108 cm³/mol. The van der Waals surface area contributed by atoms with Crippen LogP contribution in [0, 0.1) is 5.95 Å². The maximum absolute atomic E-state index is 13.7. The third kappa shape index (κ3) is 4.95. The molecule has 1 amide bonds. The van der Waals surface area contributed by atoms with Gasteiger partial charge in [-0.05, 0) is 12.1 Å². The maximum Gasteiger partial charge on any atom is 0.291 e. The monoisotopic (exact) mass is 423 g/mol. The summed E-state index contributed by atoms with van der Waals surface area (Å²) >= 11 is 0. The summed E-state index contributed by atoms with van der Waals surface area (Å²) in [5.74, 6) is -0.464. The van der Waals surface area contributed by atoms with Crippen LogP contribution in [0.1, 0.15) is 16.1 Å². The highest BCUT2D eigenvalue weighted by atomic mass is 19.1. The number of pyridine rings is 2. The Morgan fingerprint density at radius 3 is 2.84 bits per heavy atom. The number of ether oxygens (including phenoxy) is 2. The molecule has 0 unspecified atom stereocenters. The van der Waals surface area contributed by atoms with E-state index in [1.54, 1.807) is 18.3 Å². The summed E-state index contributed by atoms with van der Waals surface area (Å²) in [5, 5.41) is 6.87. The number of methoxy groups -OCH3 is 1. The molecule has 3 aromatic heterocycles. The van der Waals surface area contributed by atoms with Gasteiger partial charge in [-0.1, -0.05) is 0 Å². The van der Waals surface area contributed by atoms with Crippen molar-refractivity contribution in [1.29, 1.82) is 0 Å². The van der Waals surface area contributed by atoms with Gasteiger partial charge >= 0.3 is 0 Å². The molecule has 158 valence electrons. The van der Waals surface area contributed by atoms with Crippen LogP contribution in [0.25, 0.3) is 11.3 Å². The van der Waals surface area contributed by atoms with E-state index in [4.69, 9.17) is 9.47 Å². The average Bonchev–Trinajstić information content (AvgIpc) is 2.78. The van der Waals surface area contributed by atoms with E-state index in [1.807, 2.05) is 0 Å². The summed E-state index contributed by atoms with van der Waals surface area (Å²) in [5.41, 5.74) is 3.53. The van der Waals surface area contributed by atoms with Crippen LogP contribution < -0.4 is 20.2 Å². The molecule has 1 saturated heterocycles. The fourth-order valence-electron chi connectivity index (χ4n) is 2.60. The first-order chi connectivity index (χ1) is 15.1. The molecule has 4 heterocycles. The molecule has 2 N–H and O–H groups in total. The van der Waals surface area contributed by atoms with Gasteiger partial charge in [0.05, 0.1) is 43.2 Å². The van der Waals surface area contributed by atoms with Gasteiger partial charge in [-0.3, -0.25) is 9.78 Å². The Labute approximate surface area is 176 Å². The van der Waals surface area contributed by atoms with Crippen LogP contribution in [0.2, 0.25) is 0 Å². The molecule has 0 bridgehead atoms. The molecule has 0 atom stereocenters. The second-order valence-electron chi connectivity index (χ2n) is 6.53. The fourth-order valence-corrected chi connectivity index (χ4v) is 2.60. The number of rotatable bonds is 7. The summed E-state index contributed by atoms with van der Waals surface area (Å²) in [6.45, 7) is 1.60. The van der Waals surface area contributed by atoms with Crippen molar-refractivity contribution in [2.75, 3.05) is 20.2 Å². The number of carbonyl (C=O) groups excluding carboxylic acids is 1. The number of hydrogen-bond donors (Lipinski definition) is 2. The van der Waals surface area contributed by atoms with E-state index in [2.05, 4.69) is 35.8 Å². The van der Waals surface area contributed by atoms with Crippen molar-refractivity contribution in [3.63, 3.8) is 0 Å². The molecule has 1 fully saturated rings. The van der Waals surface area contributed by atoms with E-state index in [-0.39, 0.29) is 17.4 Å². The lowest BCUT2D eigenvalue weighted by atomic mass is 10.2. The van der Waals surface area contributed by atoms with Gasteiger partial charge in [0.1, 0.15) is 17.5 Å². The van der Waals surface area contributed by atoms with Crippen molar-refractivity contribution >= 4 is 12.1 Å². The zero-order valence-electron chi connectivity index (χ0n) is 16.4. The van der Waals surface area contributed by atoms with Gasteiger partial charge < -0.3 is 14.8 Å². The summed E-state index contributed by atoms with van der Waals surface area (Å²) in [4.78, 5) is 28.5. The highest BCUT2D eigenvalue weighted by Gasteiger charge is 2.18. The van der Waals surface area contributed by atoms with E-state index in [9.17, 15) is 9.18 Å². The van der Waals surface area contributed by atoms with Crippen molar-refractivity contribution in [2.24, 2.45) is 5.10 Å². The van der Waals surface area contributed by atoms with Gasteiger partial charge in [-0.15, -0.1) is 0 Å². The molecule has 0 radical (unpaired) electrons. The van der Waals surface area contributed by atoms with Crippen molar-refractivity contribution in [1.82, 2.24) is 30.7 Å². The molecule has 1 aliphatic rings. The lowest BCUT2D eigenvalue weighted by Gasteiger charge is -2.27. The predicted octanol–water partition coefficient (Wildman–Crippen LogP) is 1.20. The minimum absolute atomic E-state index is 0.0414. The minimum atomic E-state index is -0.742. The first-order valence-corrected chi connectivity index (χ1v) is 9.31. The van der Waals surface area contributed by atoms with E-state index < -0.39 is 11.9 Å². The largest absolute Gasteiger partial charge is 0.495 e. The zero-order chi connectivity index (χ0) is 21.6. The topological polar surface area (TPSA) is 124 Å². The molecule has 0 saturated carbocycles.